The van der Waals surface area contributed by atoms with E-state index in [0.29, 0.717) is 24.9 Å². The molecule has 2 aliphatic heterocycles. The van der Waals surface area contributed by atoms with Crippen LogP contribution >= 0.6 is 0 Å². The van der Waals surface area contributed by atoms with Crippen LogP contribution in [0.2, 0.25) is 0 Å². The van der Waals surface area contributed by atoms with Gasteiger partial charge in [0.15, 0.2) is 0 Å². The summed E-state index contributed by atoms with van der Waals surface area (Å²) in [6.45, 7) is 0.923. The van der Waals surface area contributed by atoms with Gasteiger partial charge in [0.1, 0.15) is 0 Å². The minimum Gasteiger partial charge on any atom is -0.387 e. The predicted molar refractivity (Wildman–Crippen MR) is 112 cm³/mol. The largest absolute Gasteiger partial charge is 0.387 e. The standard InChI is InChI=1S/C22H26N4O4/c1-25-10-3-5-17(25)18(27)8-9-23-21(29)22(30)24-16-12-14-4-2-11-26-19(28)7-6-15(13-16)20(14)26/h3,5,10,12-13,18,27H,2,4,6-9,11H2,1H3,(H,23,29)(H,24,30). The molecule has 3 heterocycles. The molecule has 0 bridgehead atoms. The summed E-state index contributed by atoms with van der Waals surface area (Å²) >= 11 is 0. The number of anilines is 2. The first-order chi connectivity index (χ1) is 14.4. The molecule has 3 amide bonds. The van der Waals surface area contributed by atoms with E-state index in [2.05, 4.69) is 10.6 Å². The van der Waals surface area contributed by atoms with E-state index in [9.17, 15) is 19.5 Å². The zero-order valence-corrected chi connectivity index (χ0v) is 17.0. The maximum atomic E-state index is 12.3. The smallest absolute Gasteiger partial charge is 0.313 e. The number of carbonyl (C=O) groups is 3. The van der Waals surface area contributed by atoms with Gasteiger partial charge >= 0.3 is 11.8 Å². The first kappa shape index (κ1) is 20.2. The second kappa shape index (κ2) is 8.31. The molecule has 3 N–H and O–H groups in total. The van der Waals surface area contributed by atoms with Gasteiger partial charge in [0, 0.05) is 44.1 Å². The van der Waals surface area contributed by atoms with E-state index in [1.165, 1.54) is 0 Å². The van der Waals surface area contributed by atoms with E-state index in [4.69, 9.17) is 0 Å². The predicted octanol–water partition coefficient (Wildman–Crippen LogP) is 1.43. The summed E-state index contributed by atoms with van der Waals surface area (Å²) in [6.07, 6.45) is 4.28. The first-order valence-corrected chi connectivity index (χ1v) is 10.3. The Kier molecular flexibility index (Phi) is 5.59. The summed E-state index contributed by atoms with van der Waals surface area (Å²) in [5.74, 6) is -1.33. The number of amides is 3. The van der Waals surface area contributed by atoms with Crippen LogP contribution < -0.4 is 15.5 Å². The van der Waals surface area contributed by atoms with Crippen molar-refractivity contribution in [3.05, 3.63) is 47.3 Å². The number of hydrogen-bond donors (Lipinski definition) is 3. The number of carbonyl (C=O) groups excluding carboxylic acids is 3. The highest BCUT2D eigenvalue weighted by atomic mass is 16.3. The van der Waals surface area contributed by atoms with Crippen LogP contribution in [0.25, 0.3) is 0 Å². The van der Waals surface area contributed by atoms with E-state index in [0.717, 1.165) is 41.9 Å². The van der Waals surface area contributed by atoms with Crippen molar-refractivity contribution in [3.63, 3.8) is 0 Å². The molecule has 0 aliphatic carbocycles. The number of aromatic nitrogens is 1. The third kappa shape index (κ3) is 3.95. The van der Waals surface area contributed by atoms with Crippen molar-refractivity contribution in [3.8, 4) is 0 Å². The third-order valence-electron chi connectivity index (χ3n) is 5.77. The quantitative estimate of drug-likeness (QED) is 0.649. The Balaban J connectivity index is 1.35. The van der Waals surface area contributed by atoms with Gasteiger partial charge in [0.25, 0.3) is 0 Å². The van der Waals surface area contributed by atoms with E-state index in [1.807, 2.05) is 47.0 Å². The van der Waals surface area contributed by atoms with Crippen LogP contribution in [0.15, 0.2) is 30.5 Å². The fourth-order valence-electron chi connectivity index (χ4n) is 4.28. The molecule has 30 heavy (non-hydrogen) atoms. The fourth-order valence-corrected chi connectivity index (χ4v) is 4.28. The van der Waals surface area contributed by atoms with Crippen molar-refractivity contribution >= 4 is 29.1 Å². The molecule has 0 spiro atoms. The number of aliphatic hydroxyl groups excluding tert-OH is 1. The summed E-state index contributed by atoms with van der Waals surface area (Å²) in [7, 11) is 1.84. The lowest BCUT2D eigenvalue weighted by molar-refractivity contribution is -0.136. The Bertz CT molecular complexity index is 980. The molecule has 1 aromatic carbocycles. The Labute approximate surface area is 174 Å². The van der Waals surface area contributed by atoms with Crippen molar-refractivity contribution in [1.82, 2.24) is 9.88 Å². The molecule has 1 unspecified atom stereocenters. The van der Waals surface area contributed by atoms with Crippen LogP contribution in [0.1, 0.15) is 42.2 Å². The van der Waals surface area contributed by atoms with Gasteiger partial charge in [-0.15, -0.1) is 0 Å². The third-order valence-corrected chi connectivity index (χ3v) is 5.77. The molecular formula is C22H26N4O4. The van der Waals surface area contributed by atoms with Crippen molar-refractivity contribution in [1.29, 1.82) is 0 Å². The molecule has 0 saturated heterocycles. The molecule has 4 rings (SSSR count). The fraction of sp³-hybridized carbons (Fsp3) is 0.409. The van der Waals surface area contributed by atoms with Gasteiger partial charge < -0.3 is 25.2 Å². The summed E-state index contributed by atoms with van der Waals surface area (Å²) in [4.78, 5) is 38.5. The molecule has 1 aromatic heterocycles. The van der Waals surface area contributed by atoms with Gasteiger partial charge in [-0.25, -0.2) is 0 Å². The Morgan fingerprint density at radius 1 is 1.17 bits per heavy atom. The van der Waals surface area contributed by atoms with Gasteiger partial charge in [0.2, 0.25) is 5.91 Å². The van der Waals surface area contributed by atoms with Gasteiger partial charge in [-0.3, -0.25) is 14.4 Å². The van der Waals surface area contributed by atoms with Crippen molar-refractivity contribution in [2.45, 2.75) is 38.2 Å². The second-order valence-electron chi connectivity index (χ2n) is 7.85. The Hall–Kier alpha value is -3.13. The van der Waals surface area contributed by atoms with Crippen LogP contribution in [-0.2, 0) is 34.3 Å². The van der Waals surface area contributed by atoms with Crippen LogP contribution in [0, 0.1) is 0 Å². The lowest BCUT2D eigenvalue weighted by Crippen LogP contribution is -2.39. The van der Waals surface area contributed by atoms with E-state index in [1.54, 1.807) is 0 Å². The molecule has 0 fully saturated rings. The monoisotopic (exact) mass is 410 g/mol. The number of aliphatic hydroxyl groups is 1. The Morgan fingerprint density at radius 2 is 1.93 bits per heavy atom. The lowest BCUT2D eigenvalue weighted by atomic mass is 9.91. The molecule has 158 valence electrons. The SMILES string of the molecule is Cn1cccc1C(O)CCNC(=O)C(=O)Nc1cc2c3c(c1)CCC(=O)N3CCC2. The topological polar surface area (TPSA) is 104 Å². The van der Waals surface area contributed by atoms with Crippen molar-refractivity contribution in [2.24, 2.45) is 7.05 Å². The normalized spacial score (nSPS) is 16.1. The van der Waals surface area contributed by atoms with Crippen LogP contribution in [0.3, 0.4) is 0 Å². The molecule has 2 aliphatic rings. The number of benzene rings is 1. The molecule has 8 heteroatoms. The van der Waals surface area contributed by atoms with Crippen molar-refractivity contribution < 1.29 is 19.5 Å². The highest BCUT2D eigenvalue weighted by molar-refractivity contribution is 6.39. The molecular weight excluding hydrogens is 384 g/mol. The average molecular weight is 410 g/mol. The lowest BCUT2D eigenvalue weighted by Gasteiger charge is -2.35. The summed E-state index contributed by atoms with van der Waals surface area (Å²) in [6, 6.07) is 7.36. The molecule has 2 aromatic rings. The maximum Gasteiger partial charge on any atom is 0.313 e. The average Bonchev–Trinajstić information content (AvgIpc) is 3.16. The second-order valence-corrected chi connectivity index (χ2v) is 7.85. The van der Waals surface area contributed by atoms with Crippen LogP contribution in [0.5, 0.6) is 0 Å². The van der Waals surface area contributed by atoms with E-state index >= 15 is 0 Å². The molecule has 0 saturated carbocycles. The summed E-state index contributed by atoms with van der Waals surface area (Å²) in [5, 5.41) is 15.4. The molecule has 0 radical (unpaired) electrons. The number of nitrogens with zero attached hydrogens (tertiary/aromatic N) is 2. The zero-order valence-electron chi connectivity index (χ0n) is 17.0. The highest BCUT2D eigenvalue weighted by Gasteiger charge is 2.30. The minimum atomic E-state index is -0.741. The van der Waals surface area contributed by atoms with Gasteiger partial charge in [0.05, 0.1) is 11.8 Å². The maximum absolute atomic E-state index is 12.3. The summed E-state index contributed by atoms with van der Waals surface area (Å²) in [5.41, 5.74) is 4.38. The number of rotatable bonds is 5. The molecule has 1 atom stereocenters. The van der Waals surface area contributed by atoms with Crippen LogP contribution in [-0.4, -0.2) is 40.5 Å². The zero-order chi connectivity index (χ0) is 21.3. The highest BCUT2D eigenvalue weighted by Crippen LogP contribution is 2.37. The minimum absolute atomic E-state index is 0.150. The van der Waals surface area contributed by atoms with Gasteiger partial charge in [-0.1, -0.05) is 0 Å². The van der Waals surface area contributed by atoms with Gasteiger partial charge in [-0.2, -0.15) is 0 Å². The number of aryl methyl sites for hydroxylation is 3. The van der Waals surface area contributed by atoms with E-state index in [-0.39, 0.29) is 12.5 Å². The Morgan fingerprint density at radius 3 is 2.67 bits per heavy atom. The number of nitrogens with one attached hydrogen (secondary N) is 2. The van der Waals surface area contributed by atoms with Crippen LogP contribution in [0.4, 0.5) is 11.4 Å². The van der Waals surface area contributed by atoms with E-state index < -0.39 is 17.9 Å². The van der Waals surface area contributed by atoms with Gasteiger partial charge in [-0.05, 0) is 61.1 Å². The summed E-state index contributed by atoms with van der Waals surface area (Å²) < 4.78 is 1.82. The first-order valence-electron chi connectivity index (χ1n) is 10.3. The number of hydrogen-bond acceptors (Lipinski definition) is 4. The van der Waals surface area contributed by atoms with Crippen molar-refractivity contribution in [2.75, 3.05) is 23.3 Å². The molecule has 8 nitrogen and oxygen atoms in total.